The zero-order valence-electron chi connectivity index (χ0n) is 14.4. The Bertz CT molecular complexity index is 982. The van der Waals surface area contributed by atoms with E-state index in [9.17, 15) is 9.59 Å². The van der Waals surface area contributed by atoms with Crippen LogP contribution in [-0.4, -0.2) is 43.2 Å². The summed E-state index contributed by atoms with van der Waals surface area (Å²) in [5, 5.41) is 12.9. The van der Waals surface area contributed by atoms with Crippen molar-refractivity contribution >= 4 is 34.1 Å². The molecule has 0 saturated carbocycles. The molecule has 0 unspecified atom stereocenters. The average Bonchev–Trinajstić information content (AvgIpc) is 3.31. The van der Waals surface area contributed by atoms with E-state index in [0.29, 0.717) is 28.0 Å². The highest BCUT2D eigenvalue weighted by atomic mass is 32.2. The van der Waals surface area contributed by atoms with E-state index in [0.717, 1.165) is 4.68 Å². The largest absolute Gasteiger partial charge is 0.437 e. The summed E-state index contributed by atoms with van der Waals surface area (Å²) in [4.78, 5) is 30.4. The molecular formula is C16H16N6O3S2. The van der Waals surface area contributed by atoms with Gasteiger partial charge in [-0.1, -0.05) is 17.4 Å². The molecule has 140 valence electrons. The van der Waals surface area contributed by atoms with Crippen molar-refractivity contribution in [1.29, 1.82) is 0 Å². The van der Waals surface area contributed by atoms with E-state index in [2.05, 4.69) is 26.9 Å². The zero-order chi connectivity index (χ0) is 19.2. The Morgan fingerprint density at radius 3 is 3.07 bits per heavy atom. The number of carbonyl (C=O) groups excluding carboxylic acids is 1. The lowest BCUT2D eigenvalue weighted by Crippen LogP contribution is -2.36. The van der Waals surface area contributed by atoms with Gasteiger partial charge in [-0.15, -0.1) is 33.6 Å². The van der Waals surface area contributed by atoms with Gasteiger partial charge in [0.2, 0.25) is 5.13 Å². The standard InChI is InChI=1S/C16H16N6O3S2/c1-3-8-26-14-11(6-5-7-17-14)13-20-22(16(24)25-13)9-12(23)21(4-2)15-19-18-10-27-15/h3,5-7,10H,1,4,8-9H2,2H3. The highest BCUT2D eigenvalue weighted by Gasteiger charge is 2.21. The number of hydrogen-bond acceptors (Lipinski definition) is 9. The van der Waals surface area contributed by atoms with E-state index in [1.165, 1.54) is 33.5 Å². The Hall–Kier alpha value is -2.79. The third kappa shape index (κ3) is 4.31. The fraction of sp³-hybridized carbons (Fsp3) is 0.250. The van der Waals surface area contributed by atoms with E-state index in [-0.39, 0.29) is 18.3 Å². The summed E-state index contributed by atoms with van der Waals surface area (Å²) in [7, 11) is 0. The van der Waals surface area contributed by atoms with Gasteiger partial charge in [-0.2, -0.15) is 4.68 Å². The van der Waals surface area contributed by atoms with Crippen molar-refractivity contribution in [2.45, 2.75) is 18.5 Å². The number of carbonyl (C=O) groups is 1. The van der Waals surface area contributed by atoms with Crippen molar-refractivity contribution in [2.75, 3.05) is 17.2 Å². The van der Waals surface area contributed by atoms with Gasteiger partial charge < -0.3 is 4.42 Å². The van der Waals surface area contributed by atoms with Crippen LogP contribution in [0.1, 0.15) is 6.92 Å². The summed E-state index contributed by atoms with van der Waals surface area (Å²) in [6.45, 7) is 5.64. The minimum atomic E-state index is -0.713. The smallest absolute Gasteiger partial charge is 0.387 e. The lowest BCUT2D eigenvalue weighted by molar-refractivity contribution is -0.119. The number of nitrogens with zero attached hydrogens (tertiary/aromatic N) is 6. The minimum Gasteiger partial charge on any atom is -0.387 e. The number of thioether (sulfide) groups is 1. The second kappa shape index (κ2) is 8.73. The summed E-state index contributed by atoms with van der Waals surface area (Å²) in [5.41, 5.74) is 2.13. The predicted molar refractivity (Wildman–Crippen MR) is 103 cm³/mol. The van der Waals surface area contributed by atoms with Crippen LogP contribution < -0.4 is 10.7 Å². The van der Waals surface area contributed by atoms with E-state index >= 15 is 0 Å². The third-order valence-corrected chi connectivity index (χ3v) is 5.14. The van der Waals surface area contributed by atoms with Crippen molar-refractivity contribution in [3.8, 4) is 11.5 Å². The second-order valence-electron chi connectivity index (χ2n) is 5.15. The maximum absolute atomic E-state index is 12.5. The highest BCUT2D eigenvalue weighted by molar-refractivity contribution is 7.99. The second-order valence-corrected chi connectivity index (χ2v) is 6.97. The Labute approximate surface area is 162 Å². The fourth-order valence-electron chi connectivity index (χ4n) is 2.24. The van der Waals surface area contributed by atoms with E-state index in [1.54, 1.807) is 24.4 Å². The first kappa shape index (κ1) is 19.0. The minimum absolute atomic E-state index is 0.117. The van der Waals surface area contributed by atoms with Crippen LogP contribution in [-0.2, 0) is 11.3 Å². The van der Waals surface area contributed by atoms with Gasteiger partial charge in [0.25, 0.3) is 11.8 Å². The molecule has 0 aromatic carbocycles. The summed E-state index contributed by atoms with van der Waals surface area (Å²) < 4.78 is 6.24. The number of aromatic nitrogens is 5. The Morgan fingerprint density at radius 2 is 2.37 bits per heavy atom. The Morgan fingerprint density at radius 1 is 1.52 bits per heavy atom. The monoisotopic (exact) mass is 404 g/mol. The molecule has 11 heteroatoms. The molecule has 0 fully saturated rings. The maximum Gasteiger partial charge on any atom is 0.437 e. The van der Waals surface area contributed by atoms with Crippen LogP contribution in [0, 0.1) is 0 Å². The van der Waals surface area contributed by atoms with Crippen LogP contribution in [0.25, 0.3) is 11.5 Å². The zero-order valence-corrected chi connectivity index (χ0v) is 16.1. The van der Waals surface area contributed by atoms with Gasteiger partial charge in [0, 0.05) is 18.5 Å². The van der Waals surface area contributed by atoms with Gasteiger partial charge in [-0.25, -0.2) is 9.78 Å². The molecule has 0 bridgehead atoms. The highest BCUT2D eigenvalue weighted by Crippen LogP contribution is 2.27. The van der Waals surface area contributed by atoms with Crippen molar-refractivity contribution in [3.63, 3.8) is 0 Å². The molecule has 3 rings (SSSR count). The molecule has 0 atom stereocenters. The first-order valence-corrected chi connectivity index (χ1v) is 9.84. The van der Waals surface area contributed by atoms with E-state index in [4.69, 9.17) is 4.42 Å². The van der Waals surface area contributed by atoms with Crippen molar-refractivity contribution < 1.29 is 9.21 Å². The third-order valence-electron chi connectivity index (χ3n) is 3.43. The average molecular weight is 404 g/mol. The molecular weight excluding hydrogens is 388 g/mol. The van der Waals surface area contributed by atoms with Gasteiger partial charge >= 0.3 is 5.76 Å². The molecule has 3 aromatic rings. The first-order valence-electron chi connectivity index (χ1n) is 7.97. The molecule has 0 aliphatic heterocycles. The number of pyridine rings is 1. The normalized spacial score (nSPS) is 10.7. The van der Waals surface area contributed by atoms with Crippen molar-refractivity contribution in [3.05, 3.63) is 47.0 Å². The first-order chi connectivity index (χ1) is 13.1. The summed E-state index contributed by atoms with van der Waals surface area (Å²) >= 11 is 2.69. The van der Waals surface area contributed by atoms with Gasteiger partial charge in [0.1, 0.15) is 17.1 Å². The van der Waals surface area contributed by atoms with Crippen LogP contribution in [0.2, 0.25) is 0 Å². The number of amides is 1. The number of anilines is 1. The van der Waals surface area contributed by atoms with Crippen LogP contribution >= 0.6 is 23.1 Å². The topological polar surface area (TPSA) is 107 Å². The Kier molecular flexibility index (Phi) is 6.14. The van der Waals surface area contributed by atoms with E-state index in [1.807, 2.05) is 6.92 Å². The summed E-state index contributed by atoms with van der Waals surface area (Å²) in [6, 6.07) is 3.49. The lowest BCUT2D eigenvalue weighted by Gasteiger charge is -2.16. The van der Waals surface area contributed by atoms with Crippen molar-refractivity contribution in [1.82, 2.24) is 25.0 Å². The quantitative estimate of drug-likeness (QED) is 0.415. The molecule has 1 amide bonds. The molecule has 0 aliphatic carbocycles. The summed E-state index contributed by atoms with van der Waals surface area (Å²) in [5.74, 6) is -0.272. The molecule has 0 aliphatic rings. The Balaban J connectivity index is 1.84. The van der Waals surface area contributed by atoms with Gasteiger partial charge in [0.15, 0.2) is 0 Å². The number of hydrogen-bond donors (Lipinski definition) is 0. The number of likely N-dealkylation sites (N-methyl/N-ethyl adjacent to an activating group) is 1. The SMILES string of the molecule is C=CCSc1ncccc1-c1nn(CC(=O)N(CC)c2nncs2)c(=O)o1. The molecule has 3 heterocycles. The molecule has 27 heavy (non-hydrogen) atoms. The molecule has 0 radical (unpaired) electrons. The van der Waals surface area contributed by atoms with Crippen LogP contribution in [0.15, 0.2) is 50.7 Å². The number of rotatable bonds is 8. The van der Waals surface area contributed by atoms with Gasteiger partial charge in [-0.3, -0.25) is 9.69 Å². The van der Waals surface area contributed by atoms with Crippen LogP contribution in [0.4, 0.5) is 5.13 Å². The van der Waals surface area contributed by atoms with Crippen molar-refractivity contribution in [2.24, 2.45) is 0 Å². The summed E-state index contributed by atoms with van der Waals surface area (Å²) in [6.07, 6.45) is 3.40. The van der Waals surface area contributed by atoms with Crippen LogP contribution in [0.3, 0.4) is 0 Å². The molecule has 3 aromatic heterocycles. The predicted octanol–water partition coefficient (Wildman–Crippen LogP) is 2.08. The molecule has 0 spiro atoms. The fourth-order valence-corrected chi connectivity index (χ4v) is 3.60. The van der Waals surface area contributed by atoms with Gasteiger partial charge in [-0.05, 0) is 19.1 Å². The maximum atomic E-state index is 12.5. The molecule has 9 nitrogen and oxygen atoms in total. The molecule has 0 N–H and O–H groups in total. The van der Waals surface area contributed by atoms with Crippen LogP contribution in [0.5, 0.6) is 0 Å². The lowest BCUT2D eigenvalue weighted by atomic mass is 10.3. The van der Waals surface area contributed by atoms with Gasteiger partial charge in [0.05, 0.1) is 5.56 Å². The molecule has 0 saturated heterocycles. The van der Waals surface area contributed by atoms with E-state index < -0.39 is 5.76 Å².